The molecule has 166 valence electrons. The number of anilines is 2. The first-order chi connectivity index (χ1) is 15.2. The lowest BCUT2D eigenvalue weighted by Gasteiger charge is -2.11. The van der Waals surface area contributed by atoms with Crippen LogP contribution in [0.5, 0.6) is 0 Å². The van der Waals surface area contributed by atoms with Crippen molar-refractivity contribution >= 4 is 56.0 Å². The molecule has 1 aliphatic heterocycles. The van der Waals surface area contributed by atoms with Gasteiger partial charge in [-0.15, -0.1) is 11.3 Å². The van der Waals surface area contributed by atoms with Crippen molar-refractivity contribution in [3.05, 3.63) is 75.4 Å². The first-order valence-electron chi connectivity index (χ1n) is 9.08. The molecule has 4 rings (SSSR count). The van der Waals surface area contributed by atoms with E-state index in [4.69, 9.17) is 16.4 Å². The van der Waals surface area contributed by atoms with Crippen LogP contribution in [0.1, 0.15) is 11.3 Å². The van der Waals surface area contributed by atoms with E-state index >= 15 is 0 Å². The van der Waals surface area contributed by atoms with Gasteiger partial charge in [0.15, 0.2) is 11.6 Å². The van der Waals surface area contributed by atoms with Crippen molar-refractivity contribution in [1.82, 2.24) is 0 Å². The van der Waals surface area contributed by atoms with Gasteiger partial charge in [-0.05, 0) is 54.6 Å². The molecule has 7 nitrogen and oxygen atoms in total. The minimum Gasteiger partial charge on any atom is -0.382 e. The fraction of sp³-hybridized carbons (Fsp3) is 0.100. The largest absolute Gasteiger partial charge is 0.382 e. The molecular weight excluding hydrogens is 484 g/mol. The predicted molar refractivity (Wildman–Crippen MR) is 118 cm³/mol. The van der Waals surface area contributed by atoms with Gasteiger partial charge in [-0.3, -0.25) is 9.52 Å². The number of hydrogen-bond donors (Lipinski definition) is 2. The molecule has 0 bridgehead atoms. The number of halogens is 3. The van der Waals surface area contributed by atoms with Crippen LogP contribution in [0.4, 0.5) is 20.2 Å². The van der Waals surface area contributed by atoms with Crippen molar-refractivity contribution < 1.29 is 26.8 Å². The smallest absolute Gasteiger partial charge is 0.268 e. The van der Waals surface area contributed by atoms with Gasteiger partial charge in [0.05, 0.1) is 14.1 Å². The number of hydrogen-bond acceptors (Lipinski definition) is 6. The van der Waals surface area contributed by atoms with E-state index in [9.17, 15) is 22.0 Å². The van der Waals surface area contributed by atoms with Crippen LogP contribution in [0.2, 0.25) is 4.34 Å². The van der Waals surface area contributed by atoms with Gasteiger partial charge < -0.3 is 10.2 Å². The molecule has 3 aromatic rings. The zero-order valence-electron chi connectivity index (χ0n) is 16.0. The van der Waals surface area contributed by atoms with E-state index in [1.54, 1.807) is 12.1 Å². The minimum absolute atomic E-state index is 0.171. The minimum atomic E-state index is -4.12. The number of amides is 1. The summed E-state index contributed by atoms with van der Waals surface area (Å²) in [6.45, 7) is 0. The third-order valence-corrected chi connectivity index (χ3v) is 7.08. The zero-order chi connectivity index (χ0) is 22.9. The van der Waals surface area contributed by atoms with Gasteiger partial charge in [0.2, 0.25) is 6.10 Å². The van der Waals surface area contributed by atoms with Crippen molar-refractivity contribution in [3.63, 3.8) is 0 Å². The summed E-state index contributed by atoms with van der Waals surface area (Å²) >= 11 is 7.25. The SMILES string of the molecule is O=C(Nc1ccc(NS(=O)(=O)c2ccc(F)c(F)c2)cc1)C1CC(c2ccc(Cl)s2)=NO1. The lowest BCUT2D eigenvalue weighted by atomic mass is 10.1. The third-order valence-electron chi connectivity index (χ3n) is 4.42. The molecule has 1 atom stereocenters. The Labute approximate surface area is 190 Å². The fourth-order valence-corrected chi connectivity index (χ4v) is 4.94. The highest BCUT2D eigenvalue weighted by Gasteiger charge is 2.29. The van der Waals surface area contributed by atoms with E-state index in [0.29, 0.717) is 21.8 Å². The Hall–Kier alpha value is -3.02. The van der Waals surface area contributed by atoms with Gasteiger partial charge in [0.25, 0.3) is 15.9 Å². The molecule has 0 spiro atoms. The lowest BCUT2D eigenvalue weighted by molar-refractivity contribution is -0.125. The van der Waals surface area contributed by atoms with E-state index in [1.165, 1.54) is 35.6 Å². The highest BCUT2D eigenvalue weighted by Crippen LogP contribution is 2.27. The summed E-state index contributed by atoms with van der Waals surface area (Å²) in [4.78, 5) is 18.1. The zero-order valence-corrected chi connectivity index (χ0v) is 18.4. The van der Waals surface area contributed by atoms with Crippen LogP contribution in [0.3, 0.4) is 0 Å². The van der Waals surface area contributed by atoms with Crippen LogP contribution >= 0.6 is 22.9 Å². The van der Waals surface area contributed by atoms with Crippen LogP contribution < -0.4 is 10.0 Å². The van der Waals surface area contributed by atoms with E-state index in [-0.39, 0.29) is 12.1 Å². The molecule has 0 fully saturated rings. The monoisotopic (exact) mass is 497 g/mol. The molecule has 0 aliphatic carbocycles. The Balaban J connectivity index is 1.36. The van der Waals surface area contributed by atoms with Crippen LogP contribution in [0.15, 0.2) is 64.6 Å². The van der Waals surface area contributed by atoms with Crippen molar-refractivity contribution in [2.75, 3.05) is 10.0 Å². The predicted octanol–water partition coefficient (Wildman–Crippen LogP) is 4.61. The highest BCUT2D eigenvalue weighted by atomic mass is 35.5. The number of sulfonamides is 1. The second-order valence-corrected chi connectivity index (χ2v) is 10.1. The summed E-state index contributed by atoms with van der Waals surface area (Å²) in [6, 6.07) is 11.6. The second kappa shape index (κ2) is 8.85. The lowest BCUT2D eigenvalue weighted by Crippen LogP contribution is -2.27. The number of carbonyl (C=O) groups excluding carboxylic acids is 1. The number of nitrogens with one attached hydrogen (secondary N) is 2. The van der Waals surface area contributed by atoms with Crippen molar-refractivity contribution in [2.24, 2.45) is 5.16 Å². The topological polar surface area (TPSA) is 96.9 Å². The molecule has 1 aliphatic rings. The second-order valence-electron chi connectivity index (χ2n) is 6.69. The van der Waals surface area contributed by atoms with Crippen LogP contribution in [0, 0.1) is 11.6 Å². The molecule has 12 heteroatoms. The molecule has 0 saturated heterocycles. The molecule has 32 heavy (non-hydrogen) atoms. The summed E-state index contributed by atoms with van der Waals surface area (Å²) in [7, 11) is -4.12. The Bertz CT molecular complexity index is 1310. The highest BCUT2D eigenvalue weighted by molar-refractivity contribution is 7.92. The summed E-state index contributed by atoms with van der Waals surface area (Å²) in [5.74, 6) is -2.83. The summed E-state index contributed by atoms with van der Waals surface area (Å²) in [5, 5.41) is 6.61. The van der Waals surface area contributed by atoms with E-state index in [0.717, 1.165) is 17.0 Å². The maximum Gasteiger partial charge on any atom is 0.268 e. The van der Waals surface area contributed by atoms with Gasteiger partial charge in [-0.1, -0.05) is 16.8 Å². The number of rotatable bonds is 6. The molecule has 1 unspecified atom stereocenters. The van der Waals surface area contributed by atoms with E-state index in [2.05, 4.69) is 15.2 Å². The number of nitrogens with zero attached hydrogens (tertiary/aromatic N) is 1. The summed E-state index contributed by atoms with van der Waals surface area (Å²) < 4.78 is 53.9. The van der Waals surface area contributed by atoms with Crippen LogP contribution in [-0.2, 0) is 19.7 Å². The van der Waals surface area contributed by atoms with Gasteiger partial charge in [0, 0.05) is 17.8 Å². The normalized spacial score (nSPS) is 15.7. The molecular formula is C20H14ClF2N3O4S2. The van der Waals surface area contributed by atoms with Gasteiger partial charge in [0.1, 0.15) is 5.71 Å². The Kier molecular flexibility index (Phi) is 6.13. The van der Waals surface area contributed by atoms with Gasteiger partial charge in [-0.2, -0.15) is 0 Å². The number of carbonyl (C=O) groups is 1. The molecule has 1 amide bonds. The van der Waals surface area contributed by atoms with Crippen molar-refractivity contribution in [3.8, 4) is 0 Å². The Morgan fingerprint density at radius 1 is 1.06 bits per heavy atom. The number of thiophene rings is 1. The maximum atomic E-state index is 13.3. The van der Waals surface area contributed by atoms with E-state index < -0.39 is 38.6 Å². The molecule has 2 aromatic carbocycles. The molecule has 1 aromatic heterocycles. The fourth-order valence-electron chi connectivity index (χ4n) is 2.84. The number of benzene rings is 2. The first kappa shape index (κ1) is 22.2. The standard InChI is InChI=1S/C20H14ClF2N3O4S2/c21-19-8-7-18(31-19)16-10-17(30-25-16)20(27)24-11-1-3-12(4-2-11)26-32(28,29)13-5-6-14(22)15(23)9-13/h1-9,17,26H,10H2,(H,24,27). The molecule has 2 heterocycles. The summed E-state index contributed by atoms with van der Waals surface area (Å²) in [5.41, 5.74) is 1.20. The summed E-state index contributed by atoms with van der Waals surface area (Å²) in [6.07, 6.45) is -0.521. The number of oxime groups is 1. The average Bonchev–Trinajstić information content (AvgIpc) is 3.40. The van der Waals surface area contributed by atoms with Crippen LogP contribution in [-0.4, -0.2) is 26.1 Å². The Morgan fingerprint density at radius 2 is 1.78 bits per heavy atom. The maximum absolute atomic E-state index is 13.3. The molecule has 0 radical (unpaired) electrons. The van der Waals surface area contributed by atoms with Crippen molar-refractivity contribution in [2.45, 2.75) is 17.4 Å². The van der Waals surface area contributed by atoms with Crippen LogP contribution in [0.25, 0.3) is 0 Å². The van der Waals surface area contributed by atoms with Gasteiger partial charge >= 0.3 is 0 Å². The third kappa shape index (κ3) is 4.90. The average molecular weight is 498 g/mol. The molecule has 0 saturated carbocycles. The van der Waals surface area contributed by atoms with Gasteiger partial charge in [-0.25, -0.2) is 17.2 Å². The quantitative estimate of drug-likeness (QED) is 0.519. The van der Waals surface area contributed by atoms with Crippen molar-refractivity contribution in [1.29, 1.82) is 0 Å². The Morgan fingerprint density at radius 3 is 2.44 bits per heavy atom. The first-order valence-corrected chi connectivity index (χ1v) is 11.8. The van der Waals surface area contributed by atoms with E-state index in [1.807, 2.05) is 0 Å². The molecule has 2 N–H and O–H groups in total.